The normalized spacial score (nSPS) is 13.2. The molecule has 25 heavy (non-hydrogen) atoms. The summed E-state index contributed by atoms with van der Waals surface area (Å²) in [6, 6.07) is 7.85. The largest absolute Gasteiger partial charge is 0.345 e. The molecule has 0 saturated carbocycles. The third-order valence-electron chi connectivity index (χ3n) is 4.26. The molecule has 3 heterocycles. The number of hydrogen-bond donors (Lipinski definition) is 1. The van der Waals surface area contributed by atoms with Gasteiger partial charge in [-0.05, 0) is 19.1 Å². The summed E-state index contributed by atoms with van der Waals surface area (Å²) in [4.78, 5) is 33.6. The molecule has 0 spiro atoms. The predicted octanol–water partition coefficient (Wildman–Crippen LogP) is 1.65. The minimum Gasteiger partial charge on any atom is -0.345 e. The Hall–Kier alpha value is -2.61. The van der Waals surface area contributed by atoms with E-state index in [0.29, 0.717) is 11.7 Å². The fourth-order valence-corrected chi connectivity index (χ4v) is 3.95. The van der Waals surface area contributed by atoms with Crippen molar-refractivity contribution in [3.05, 3.63) is 52.2 Å². The maximum absolute atomic E-state index is 12.4. The Morgan fingerprint density at radius 1 is 1.36 bits per heavy atom. The van der Waals surface area contributed by atoms with Crippen molar-refractivity contribution in [1.29, 1.82) is 0 Å². The third kappa shape index (κ3) is 2.72. The molecule has 0 aliphatic carbocycles. The summed E-state index contributed by atoms with van der Waals surface area (Å²) >= 11 is 1.53. The van der Waals surface area contributed by atoms with Gasteiger partial charge in [0.2, 0.25) is 0 Å². The highest BCUT2D eigenvalue weighted by Crippen LogP contribution is 2.20. The number of nitrogens with zero attached hydrogens (tertiary/aromatic N) is 4. The lowest BCUT2D eigenvalue weighted by atomic mass is 10.3. The molecule has 4 rings (SSSR count). The second-order valence-corrected chi connectivity index (χ2v) is 6.77. The van der Waals surface area contributed by atoms with E-state index in [2.05, 4.69) is 19.9 Å². The van der Waals surface area contributed by atoms with Crippen LogP contribution in [0, 0.1) is 0 Å². The number of rotatable bonds is 4. The molecule has 1 amide bonds. The van der Waals surface area contributed by atoms with E-state index >= 15 is 0 Å². The van der Waals surface area contributed by atoms with Gasteiger partial charge in [0.25, 0.3) is 11.5 Å². The number of aromatic nitrogens is 4. The highest BCUT2D eigenvalue weighted by molar-refractivity contribution is 7.99. The molecular formula is C17H17N5O2S. The summed E-state index contributed by atoms with van der Waals surface area (Å²) in [7, 11) is 0. The van der Waals surface area contributed by atoms with Crippen LogP contribution in [0.2, 0.25) is 0 Å². The van der Waals surface area contributed by atoms with E-state index in [4.69, 9.17) is 0 Å². The highest BCUT2D eigenvalue weighted by Gasteiger charge is 2.20. The number of thioether (sulfide) groups is 1. The van der Waals surface area contributed by atoms with Gasteiger partial charge < -0.3 is 9.88 Å². The number of carbonyl (C=O) groups is 1. The summed E-state index contributed by atoms with van der Waals surface area (Å²) in [6.45, 7) is 3.65. The molecule has 0 atom stereocenters. The smallest absolute Gasteiger partial charge is 0.267 e. The molecule has 0 saturated heterocycles. The van der Waals surface area contributed by atoms with Crippen LogP contribution in [0.5, 0.6) is 0 Å². The number of amides is 1. The topological polar surface area (TPSA) is 81.8 Å². The van der Waals surface area contributed by atoms with Crippen LogP contribution < -0.4 is 10.9 Å². The average Bonchev–Trinajstić information content (AvgIpc) is 3.24. The van der Waals surface area contributed by atoms with Crippen molar-refractivity contribution >= 4 is 28.7 Å². The summed E-state index contributed by atoms with van der Waals surface area (Å²) in [5.41, 5.74) is 1.72. The van der Waals surface area contributed by atoms with Crippen molar-refractivity contribution in [1.82, 2.24) is 24.4 Å². The minimum atomic E-state index is -0.417. The maximum atomic E-state index is 12.4. The second-order valence-electron chi connectivity index (χ2n) is 5.70. The van der Waals surface area contributed by atoms with Gasteiger partial charge in [0.05, 0.1) is 17.6 Å². The molecule has 8 heteroatoms. The number of benzene rings is 1. The molecule has 0 fully saturated rings. The Kier molecular flexibility index (Phi) is 4.04. The van der Waals surface area contributed by atoms with Gasteiger partial charge in [0.15, 0.2) is 5.16 Å². The number of para-hydroxylation sites is 2. The van der Waals surface area contributed by atoms with E-state index in [0.717, 1.165) is 29.2 Å². The Labute approximate surface area is 148 Å². The molecule has 0 radical (unpaired) electrons. The van der Waals surface area contributed by atoms with E-state index in [9.17, 15) is 9.59 Å². The van der Waals surface area contributed by atoms with Crippen molar-refractivity contribution in [3.63, 3.8) is 0 Å². The number of fused-ring (bicyclic) bond motifs is 2. The number of carbonyl (C=O) groups excluding carboxylic acids is 1. The Morgan fingerprint density at radius 3 is 3.04 bits per heavy atom. The predicted molar refractivity (Wildman–Crippen MR) is 95.8 cm³/mol. The van der Waals surface area contributed by atoms with Crippen molar-refractivity contribution in [2.45, 2.75) is 31.7 Å². The second kappa shape index (κ2) is 6.36. The maximum Gasteiger partial charge on any atom is 0.267 e. The standard InChI is InChI=1S/C17H17N5O2S/c1-2-21-13-6-4-3-5-12(13)20-14(21)10-18-15(23)11-9-19-17-22(16(11)24)7-8-25-17/h3-6,9H,2,7-8,10H2,1H3,(H,18,23). The van der Waals surface area contributed by atoms with Crippen molar-refractivity contribution in [3.8, 4) is 0 Å². The number of hydrogen-bond acceptors (Lipinski definition) is 5. The number of nitrogens with one attached hydrogen (secondary N) is 1. The van der Waals surface area contributed by atoms with Crippen LogP contribution in [0.15, 0.2) is 40.4 Å². The van der Waals surface area contributed by atoms with Crippen LogP contribution >= 0.6 is 11.8 Å². The van der Waals surface area contributed by atoms with E-state index < -0.39 is 5.91 Å². The van der Waals surface area contributed by atoms with Gasteiger partial charge in [-0.1, -0.05) is 23.9 Å². The van der Waals surface area contributed by atoms with Crippen LogP contribution in [0.3, 0.4) is 0 Å². The Bertz CT molecular complexity index is 1020. The van der Waals surface area contributed by atoms with Crippen molar-refractivity contribution < 1.29 is 4.79 Å². The quantitative estimate of drug-likeness (QED) is 0.720. The molecule has 128 valence electrons. The molecule has 0 unspecified atom stereocenters. The summed E-state index contributed by atoms with van der Waals surface area (Å²) in [6.07, 6.45) is 1.37. The zero-order valence-electron chi connectivity index (χ0n) is 13.7. The number of imidazole rings is 1. The first-order valence-electron chi connectivity index (χ1n) is 8.14. The van der Waals surface area contributed by atoms with Gasteiger partial charge in [-0.15, -0.1) is 0 Å². The summed E-state index contributed by atoms with van der Waals surface area (Å²) < 4.78 is 3.61. The Balaban J connectivity index is 1.58. The van der Waals surface area contributed by atoms with Crippen LogP contribution in [0.1, 0.15) is 23.1 Å². The zero-order valence-corrected chi connectivity index (χ0v) is 14.5. The first-order valence-corrected chi connectivity index (χ1v) is 9.12. The monoisotopic (exact) mass is 355 g/mol. The van der Waals surface area contributed by atoms with Gasteiger partial charge in [-0.3, -0.25) is 14.2 Å². The van der Waals surface area contributed by atoms with Gasteiger partial charge in [0.1, 0.15) is 11.4 Å². The summed E-state index contributed by atoms with van der Waals surface area (Å²) in [5, 5.41) is 3.48. The van der Waals surface area contributed by atoms with Crippen molar-refractivity contribution in [2.24, 2.45) is 0 Å². The van der Waals surface area contributed by atoms with Gasteiger partial charge >= 0.3 is 0 Å². The fraction of sp³-hybridized carbons (Fsp3) is 0.294. The first-order chi connectivity index (χ1) is 12.2. The van der Waals surface area contributed by atoms with Crippen LogP contribution in [0.4, 0.5) is 0 Å². The summed E-state index contributed by atoms with van der Waals surface area (Å²) in [5.74, 6) is 1.16. The van der Waals surface area contributed by atoms with E-state index in [-0.39, 0.29) is 17.7 Å². The fourth-order valence-electron chi connectivity index (χ4n) is 3.04. The molecule has 7 nitrogen and oxygen atoms in total. The minimum absolute atomic E-state index is 0.0745. The highest BCUT2D eigenvalue weighted by atomic mass is 32.2. The van der Waals surface area contributed by atoms with E-state index in [1.807, 2.05) is 31.2 Å². The molecule has 3 aromatic rings. The van der Waals surface area contributed by atoms with E-state index in [1.54, 1.807) is 4.57 Å². The van der Waals surface area contributed by atoms with Gasteiger partial charge in [0, 0.05) is 25.0 Å². The number of aryl methyl sites for hydroxylation is 1. The van der Waals surface area contributed by atoms with Crippen LogP contribution in [-0.2, 0) is 19.6 Å². The molecule has 1 aliphatic rings. The first kappa shape index (κ1) is 15.9. The van der Waals surface area contributed by atoms with Crippen LogP contribution in [-0.4, -0.2) is 30.8 Å². The van der Waals surface area contributed by atoms with E-state index in [1.165, 1.54) is 18.0 Å². The molecule has 1 N–H and O–H groups in total. The third-order valence-corrected chi connectivity index (χ3v) is 5.23. The lowest BCUT2D eigenvalue weighted by Gasteiger charge is -2.08. The molecule has 1 aliphatic heterocycles. The molecular weight excluding hydrogens is 338 g/mol. The molecule has 2 aromatic heterocycles. The molecule has 0 bridgehead atoms. The lowest BCUT2D eigenvalue weighted by Crippen LogP contribution is -2.33. The molecule has 1 aromatic carbocycles. The van der Waals surface area contributed by atoms with Crippen LogP contribution in [0.25, 0.3) is 11.0 Å². The zero-order chi connectivity index (χ0) is 17.4. The average molecular weight is 355 g/mol. The van der Waals surface area contributed by atoms with Gasteiger partial charge in [-0.25, -0.2) is 9.97 Å². The van der Waals surface area contributed by atoms with Crippen molar-refractivity contribution in [2.75, 3.05) is 5.75 Å². The Morgan fingerprint density at radius 2 is 2.20 bits per heavy atom. The SMILES string of the molecule is CCn1c(CNC(=O)c2cnc3n(c2=O)CCS3)nc2ccccc21. The lowest BCUT2D eigenvalue weighted by molar-refractivity contribution is 0.0946. The van der Waals surface area contributed by atoms with Gasteiger partial charge in [-0.2, -0.15) is 0 Å².